The van der Waals surface area contributed by atoms with Crippen molar-refractivity contribution < 1.29 is 35.8 Å². The maximum Gasteiger partial charge on any atom is 0.573 e. The van der Waals surface area contributed by atoms with Crippen LogP contribution < -0.4 is 4.74 Å². The van der Waals surface area contributed by atoms with E-state index < -0.39 is 29.6 Å². The summed E-state index contributed by atoms with van der Waals surface area (Å²) in [6.45, 7) is 0.637. The fourth-order valence-electron chi connectivity index (χ4n) is 4.04. The number of hydrogen-bond donors (Lipinski definition) is 0. The molecule has 0 aromatic heterocycles. The third kappa shape index (κ3) is 5.99. The number of alkyl halides is 3. The topological polar surface area (TPSA) is 18.5 Å². The highest BCUT2D eigenvalue weighted by Crippen LogP contribution is 2.31. The van der Waals surface area contributed by atoms with Crippen LogP contribution in [0.15, 0.2) is 66.7 Å². The molecule has 0 heterocycles. The number of halogens is 6. The molecule has 4 aromatic rings. The zero-order valence-electron chi connectivity index (χ0n) is 19.3. The first kappa shape index (κ1) is 25.6. The molecular weight excluding hydrogens is 482 g/mol. The molecule has 0 fully saturated rings. The van der Waals surface area contributed by atoms with Crippen molar-refractivity contribution in [2.24, 2.45) is 0 Å². The molecule has 0 aliphatic rings. The molecule has 0 bridgehead atoms. The maximum atomic E-state index is 15.2. The van der Waals surface area contributed by atoms with Crippen molar-refractivity contribution in [2.75, 3.05) is 13.7 Å². The lowest BCUT2D eigenvalue weighted by atomic mass is 9.96. The highest BCUT2D eigenvalue weighted by Gasteiger charge is 2.34. The van der Waals surface area contributed by atoms with Crippen molar-refractivity contribution in [1.82, 2.24) is 0 Å². The second kappa shape index (κ2) is 10.6. The van der Waals surface area contributed by atoms with E-state index in [4.69, 9.17) is 4.74 Å². The summed E-state index contributed by atoms with van der Waals surface area (Å²) in [5.41, 5.74) is 3.49. The average Bonchev–Trinajstić information content (AvgIpc) is 2.84. The van der Waals surface area contributed by atoms with Crippen molar-refractivity contribution in [3.63, 3.8) is 0 Å². The summed E-state index contributed by atoms with van der Waals surface area (Å²) in [5.74, 6) is -4.91. The highest BCUT2D eigenvalue weighted by atomic mass is 19.4. The number of hydrogen-bond acceptors (Lipinski definition) is 2. The molecule has 36 heavy (non-hydrogen) atoms. The van der Waals surface area contributed by atoms with E-state index in [-0.39, 0.29) is 18.4 Å². The van der Waals surface area contributed by atoms with E-state index >= 15 is 4.39 Å². The Morgan fingerprint density at radius 2 is 1.36 bits per heavy atom. The van der Waals surface area contributed by atoms with Crippen molar-refractivity contribution in [1.29, 1.82) is 0 Å². The van der Waals surface area contributed by atoms with Gasteiger partial charge in [-0.3, -0.25) is 0 Å². The van der Waals surface area contributed by atoms with Gasteiger partial charge in [0.05, 0.1) is 6.61 Å². The van der Waals surface area contributed by atoms with Crippen LogP contribution in [0, 0.1) is 17.5 Å². The number of ether oxygens (including phenoxy) is 2. The lowest BCUT2D eigenvalue weighted by Crippen LogP contribution is -2.19. The van der Waals surface area contributed by atoms with Crippen molar-refractivity contribution in [2.45, 2.75) is 25.6 Å². The Morgan fingerprint density at radius 1 is 0.694 bits per heavy atom. The molecule has 0 amide bonds. The minimum Gasteiger partial charge on any atom is -0.399 e. The summed E-state index contributed by atoms with van der Waals surface area (Å²) in [6, 6.07) is 18.3. The van der Waals surface area contributed by atoms with Gasteiger partial charge in [-0.05, 0) is 70.7 Å². The maximum absolute atomic E-state index is 15.2. The molecule has 4 rings (SSSR count). The molecule has 2 nitrogen and oxygen atoms in total. The van der Waals surface area contributed by atoms with Gasteiger partial charge in [-0.15, -0.1) is 13.2 Å². The molecule has 0 unspecified atom stereocenters. The van der Waals surface area contributed by atoms with Crippen LogP contribution in [0.4, 0.5) is 26.3 Å². The van der Waals surface area contributed by atoms with Gasteiger partial charge in [0.2, 0.25) is 5.75 Å². The molecular formula is C28H22F6O2. The summed E-state index contributed by atoms with van der Waals surface area (Å²) in [4.78, 5) is 0. The van der Waals surface area contributed by atoms with Crippen LogP contribution >= 0.6 is 0 Å². The summed E-state index contributed by atoms with van der Waals surface area (Å²) in [7, 11) is 1.65. The Kier molecular flexibility index (Phi) is 7.54. The molecule has 0 atom stereocenters. The number of fused-ring (bicyclic) bond motifs is 1. The van der Waals surface area contributed by atoms with Gasteiger partial charge in [0.1, 0.15) is 5.82 Å². The first-order valence-corrected chi connectivity index (χ1v) is 11.2. The number of aryl methyl sites for hydroxylation is 2. The van der Waals surface area contributed by atoms with E-state index in [1.54, 1.807) is 25.3 Å². The predicted octanol–water partition coefficient (Wildman–Crippen LogP) is 7.80. The summed E-state index contributed by atoms with van der Waals surface area (Å²) >= 11 is 0. The molecule has 0 N–H and O–H groups in total. The third-order valence-corrected chi connectivity index (χ3v) is 5.88. The average molecular weight is 504 g/mol. The van der Waals surface area contributed by atoms with Gasteiger partial charge in [0, 0.05) is 12.5 Å². The first-order valence-electron chi connectivity index (χ1n) is 11.2. The van der Waals surface area contributed by atoms with Crippen LogP contribution in [0.3, 0.4) is 0 Å². The first-order chi connectivity index (χ1) is 17.1. The lowest BCUT2D eigenvalue weighted by molar-refractivity contribution is -0.276. The largest absolute Gasteiger partial charge is 0.573 e. The van der Waals surface area contributed by atoms with Crippen molar-refractivity contribution in [3.8, 4) is 16.9 Å². The Morgan fingerprint density at radius 3 is 2.00 bits per heavy atom. The second-order valence-electron chi connectivity index (χ2n) is 8.35. The fourth-order valence-corrected chi connectivity index (χ4v) is 4.04. The van der Waals surface area contributed by atoms with E-state index in [0.29, 0.717) is 22.9 Å². The van der Waals surface area contributed by atoms with Crippen LogP contribution in [-0.4, -0.2) is 20.1 Å². The molecule has 188 valence electrons. The van der Waals surface area contributed by atoms with Crippen molar-refractivity contribution >= 4 is 10.8 Å². The SMILES string of the molecule is COCCc1ccc(-c2ccc3c(F)c(CCc4cc(F)c(OC(F)(F)F)c(F)c4)ccc3c2)cc1. The van der Waals surface area contributed by atoms with E-state index in [0.717, 1.165) is 35.2 Å². The normalized spacial score (nSPS) is 11.8. The number of rotatable bonds is 8. The smallest absolute Gasteiger partial charge is 0.399 e. The summed E-state index contributed by atoms with van der Waals surface area (Å²) in [6.07, 6.45) is -4.28. The number of benzene rings is 4. The van der Waals surface area contributed by atoms with Gasteiger partial charge in [-0.1, -0.05) is 48.5 Å². The molecule has 0 saturated heterocycles. The van der Waals surface area contributed by atoms with Gasteiger partial charge in [-0.25, -0.2) is 13.2 Å². The molecule has 0 saturated carbocycles. The van der Waals surface area contributed by atoms with Gasteiger partial charge >= 0.3 is 6.36 Å². The van der Waals surface area contributed by atoms with Gasteiger partial charge in [0.25, 0.3) is 0 Å². The molecule has 0 radical (unpaired) electrons. The van der Waals surface area contributed by atoms with E-state index in [9.17, 15) is 22.0 Å². The van der Waals surface area contributed by atoms with Gasteiger partial charge in [-0.2, -0.15) is 0 Å². The zero-order valence-corrected chi connectivity index (χ0v) is 19.3. The molecule has 0 aliphatic heterocycles. The summed E-state index contributed by atoms with van der Waals surface area (Å²) < 4.78 is 88.6. The third-order valence-electron chi connectivity index (χ3n) is 5.88. The zero-order chi connectivity index (χ0) is 25.9. The van der Waals surface area contributed by atoms with Crippen LogP contribution in [0.1, 0.15) is 16.7 Å². The van der Waals surface area contributed by atoms with E-state index in [1.807, 2.05) is 36.4 Å². The molecule has 0 spiro atoms. The Labute approximate surface area is 204 Å². The van der Waals surface area contributed by atoms with E-state index in [1.165, 1.54) is 0 Å². The minimum absolute atomic E-state index is 0.0239. The Bertz CT molecular complexity index is 1340. The Hall–Kier alpha value is -3.52. The van der Waals surface area contributed by atoms with Gasteiger partial charge in [0.15, 0.2) is 11.6 Å². The van der Waals surface area contributed by atoms with Crippen LogP contribution in [0.25, 0.3) is 21.9 Å². The standard InChI is InChI=1S/C28H22F6O2/c1-35-13-12-17-2-5-19(6-3-17)21-10-11-23-22(16-21)9-8-20(26(23)31)7-4-18-14-24(29)27(25(30)15-18)36-28(32,33)34/h2-3,5-6,8-11,14-16H,4,7,12-13H2,1H3. The monoisotopic (exact) mass is 504 g/mol. The van der Waals surface area contributed by atoms with Crippen LogP contribution in [-0.2, 0) is 24.0 Å². The fraction of sp³-hybridized carbons (Fsp3) is 0.214. The van der Waals surface area contributed by atoms with Crippen LogP contribution in [0.5, 0.6) is 5.75 Å². The van der Waals surface area contributed by atoms with Crippen molar-refractivity contribution in [3.05, 3.63) is 101 Å². The molecule has 0 aliphatic carbocycles. The molecule has 4 aromatic carbocycles. The van der Waals surface area contributed by atoms with Gasteiger partial charge < -0.3 is 9.47 Å². The highest BCUT2D eigenvalue weighted by molar-refractivity contribution is 5.88. The quantitative estimate of drug-likeness (QED) is 0.228. The second-order valence-corrected chi connectivity index (χ2v) is 8.35. The predicted molar refractivity (Wildman–Crippen MR) is 125 cm³/mol. The summed E-state index contributed by atoms with van der Waals surface area (Å²) in [5, 5.41) is 1.10. The van der Waals surface area contributed by atoms with Crippen LogP contribution in [0.2, 0.25) is 0 Å². The minimum atomic E-state index is -5.22. The molecule has 8 heteroatoms. The Balaban J connectivity index is 1.51. The number of methoxy groups -OCH3 is 1. The lowest BCUT2D eigenvalue weighted by Gasteiger charge is -2.12. The van der Waals surface area contributed by atoms with E-state index in [2.05, 4.69) is 4.74 Å².